The fraction of sp³-hybridized carbons (Fsp3) is 0.381. The van der Waals surface area contributed by atoms with Gasteiger partial charge in [0.1, 0.15) is 5.75 Å². The lowest BCUT2D eigenvalue weighted by atomic mass is 10.1. The highest BCUT2D eigenvalue weighted by atomic mass is 32.2. The number of rotatable bonds is 8. The van der Waals surface area contributed by atoms with Crippen LogP contribution in [0.4, 0.5) is 8.78 Å². The van der Waals surface area contributed by atoms with Crippen LogP contribution in [-0.2, 0) is 21.1 Å². The molecule has 1 saturated heterocycles. The lowest BCUT2D eigenvalue weighted by Crippen LogP contribution is -2.37. The normalized spacial score (nSPS) is 16.6. The third kappa shape index (κ3) is 4.96. The van der Waals surface area contributed by atoms with Crippen LogP contribution in [0.25, 0.3) is 0 Å². The fourth-order valence-corrected chi connectivity index (χ4v) is 4.09. The number of methoxy groups -OCH3 is 1. The summed E-state index contributed by atoms with van der Waals surface area (Å²) in [5, 5.41) is 0. The molecular weight excluding hydrogens is 416 g/mol. The maximum atomic E-state index is 13.2. The summed E-state index contributed by atoms with van der Waals surface area (Å²) in [7, 11) is -3.16. The molecule has 1 unspecified atom stereocenters. The fourth-order valence-electron chi connectivity index (χ4n) is 3.37. The summed E-state index contributed by atoms with van der Waals surface area (Å²) in [6.45, 7) is 1.26. The molecule has 9 heteroatoms. The van der Waals surface area contributed by atoms with Gasteiger partial charge in [-0.25, -0.2) is 8.42 Å². The Bertz CT molecular complexity index is 973. The maximum absolute atomic E-state index is 13.2. The summed E-state index contributed by atoms with van der Waals surface area (Å²) in [5.41, 5.74) is 1.01. The second-order valence-electron chi connectivity index (χ2n) is 6.96. The first kappa shape index (κ1) is 22.2. The van der Waals surface area contributed by atoms with Crippen molar-refractivity contribution in [3.63, 3.8) is 0 Å². The third-order valence-electron chi connectivity index (χ3n) is 4.95. The molecule has 2 aromatic rings. The van der Waals surface area contributed by atoms with E-state index in [1.54, 1.807) is 18.1 Å². The van der Waals surface area contributed by atoms with Crippen molar-refractivity contribution in [3.05, 3.63) is 59.7 Å². The van der Waals surface area contributed by atoms with Crippen molar-refractivity contribution in [2.45, 2.75) is 36.1 Å². The van der Waals surface area contributed by atoms with Gasteiger partial charge in [0.05, 0.1) is 18.1 Å². The Hall–Kier alpha value is -2.52. The number of para-hydroxylation sites is 1. The van der Waals surface area contributed by atoms with Crippen molar-refractivity contribution >= 4 is 15.7 Å². The van der Waals surface area contributed by atoms with Crippen molar-refractivity contribution in [3.8, 4) is 5.75 Å². The van der Waals surface area contributed by atoms with Crippen molar-refractivity contribution < 1.29 is 31.5 Å². The number of nitrogens with zero attached hydrogens (tertiary/aromatic N) is 1. The molecule has 0 N–H and O–H groups in total. The highest BCUT2D eigenvalue weighted by molar-refractivity contribution is 7.91. The summed E-state index contributed by atoms with van der Waals surface area (Å²) in [6.07, 6.45) is 1.66. The predicted octanol–water partition coefficient (Wildman–Crippen LogP) is 3.51. The number of carbonyl (C=O) groups is 1. The Kier molecular flexibility index (Phi) is 7.04. The molecular formula is C21H23F2NO5S. The smallest absolute Gasteiger partial charge is 0.341 e. The molecule has 1 fully saturated rings. The van der Waals surface area contributed by atoms with Gasteiger partial charge in [0.2, 0.25) is 9.84 Å². The van der Waals surface area contributed by atoms with E-state index in [1.165, 1.54) is 12.1 Å². The predicted molar refractivity (Wildman–Crippen MR) is 106 cm³/mol. The van der Waals surface area contributed by atoms with E-state index in [0.717, 1.165) is 30.5 Å². The van der Waals surface area contributed by atoms with E-state index in [-0.39, 0.29) is 24.1 Å². The molecule has 0 bridgehead atoms. The molecule has 1 aliphatic heterocycles. The van der Waals surface area contributed by atoms with Gasteiger partial charge in [0.25, 0.3) is 5.91 Å². The second kappa shape index (κ2) is 9.53. The minimum atomic E-state index is -4.71. The Morgan fingerprint density at radius 1 is 1.20 bits per heavy atom. The first-order chi connectivity index (χ1) is 14.3. The van der Waals surface area contributed by atoms with Crippen LogP contribution in [0.5, 0.6) is 5.75 Å². The van der Waals surface area contributed by atoms with E-state index in [0.29, 0.717) is 18.9 Å². The molecule has 6 nitrogen and oxygen atoms in total. The third-order valence-corrected chi connectivity index (χ3v) is 6.35. The SMILES string of the molecule is COc1ccccc1CN(CC1CCCO1)C(=O)c1ccc(S(=O)(=O)C(F)F)cc1. The van der Waals surface area contributed by atoms with Gasteiger partial charge >= 0.3 is 5.76 Å². The molecule has 2 aromatic carbocycles. The van der Waals surface area contributed by atoms with Gasteiger partial charge in [-0.1, -0.05) is 18.2 Å². The molecule has 162 valence electrons. The number of amides is 1. The maximum Gasteiger partial charge on any atom is 0.341 e. The summed E-state index contributed by atoms with van der Waals surface area (Å²) < 4.78 is 59.7. The lowest BCUT2D eigenvalue weighted by Gasteiger charge is -2.26. The molecule has 30 heavy (non-hydrogen) atoms. The lowest BCUT2D eigenvalue weighted by molar-refractivity contribution is 0.0505. The Morgan fingerprint density at radius 2 is 1.90 bits per heavy atom. The average Bonchev–Trinajstić information content (AvgIpc) is 3.26. The minimum Gasteiger partial charge on any atom is -0.496 e. The molecule has 1 aliphatic rings. The molecule has 1 heterocycles. The van der Waals surface area contributed by atoms with Crippen LogP contribution in [0.15, 0.2) is 53.4 Å². The number of sulfone groups is 1. The molecule has 0 aromatic heterocycles. The molecule has 3 rings (SSSR count). The monoisotopic (exact) mass is 439 g/mol. The Labute approximate surface area is 174 Å². The molecule has 0 saturated carbocycles. The van der Waals surface area contributed by atoms with Crippen molar-refractivity contribution in [1.82, 2.24) is 4.90 Å². The summed E-state index contributed by atoms with van der Waals surface area (Å²) in [4.78, 5) is 14.2. The van der Waals surface area contributed by atoms with Crippen molar-refractivity contribution in [2.24, 2.45) is 0 Å². The number of alkyl halides is 2. The number of ether oxygens (including phenoxy) is 2. The largest absolute Gasteiger partial charge is 0.496 e. The van der Waals surface area contributed by atoms with Gasteiger partial charge in [-0.3, -0.25) is 4.79 Å². The molecule has 1 atom stereocenters. The standard InChI is InChI=1S/C21H23F2NO5S/c1-28-19-7-3-2-5-16(19)13-24(14-17-6-4-12-29-17)20(25)15-8-10-18(11-9-15)30(26,27)21(22)23/h2-3,5,7-11,17,21H,4,6,12-14H2,1H3. The van der Waals surface area contributed by atoms with E-state index in [2.05, 4.69) is 0 Å². The highest BCUT2D eigenvalue weighted by Crippen LogP contribution is 2.24. The summed E-state index contributed by atoms with van der Waals surface area (Å²) in [5.74, 6) is -3.22. The van der Waals surface area contributed by atoms with Gasteiger partial charge in [0.15, 0.2) is 0 Å². The van der Waals surface area contributed by atoms with Crippen LogP contribution < -0.4 is 4.74 Å². The first-order valence-electron chi connectivity index (χ1n) is 9.48. The van der Waals surface area contributed by atoms with Crippen molar-refractivity contribution in [2.75, 3.05) is 20.3 Å². The average molecular weight is 439 g/mol. The van der Waals surface area contributed by atoms with Gasteiger partial charge in [-0.2, -0.15) is 8.78 Å². The Morgan fingerprint density at radius 3 is 2.50 bits per heavy atom. The molecule has 0 radical (unpaired) electrons. The number of hydrogen-bond donors (Lipinski definition) is 0. The first-order valence-corrected chi connectivity index (χ1v) is 11.0. The number of carbonyl (C=O) groups excluding carboxylic acids is 1. The second-order valence-corrected chi connectivity index (χ2v) is 8.88. The minimum absolute atomic E-state index is 0.0952. The molecule has 0 aliphatic carbocycles. The number of hydrogen-bond acceptors (Lipinski definition) is 5. The van der Waals surface area contributed by atoms with Crippen LogP contribution in [0.3, 0.4) is 0 Å². The number of halogens is 2. The van der Waals surface area contributed by atoms with E-state index < -0.39 is 20.5 Å². The van der Waals surface area contributed by atoms with Gasteiger partial charge in [-0.05, 0) is 43.2 Å². The topological polar surface area (TPSA) is 72.9 Å². The van der Waals surface area contributed by atoms with Crippen LogP contribution in [0.2, 0.25) is 0 Å². The van der Waals surface area contributed by atoms with Crippen LogP contribution >= 0.6 is 0 Å². The summed E-state index contributed by atoms with van der Waals surface area (Å²) >= 11 is 0. The quantitative estimate of drug-likeness (QED) is 0.629. The highest BCUT2D eigenvalue weighted by Gasteiger charge is 2.28. The van der Waals surface area contributed by atoms with E-state index in [1.807, 2.05) is 18.2 Å². The zero-order chi connectivity index (χ0) is 21.7. The van der Waals surface area contributed by atoms with Crippen molar-refractivity contribution in [1.29, 1.82) is 0 Å². The zero-order valence-electron chi connectivity index (χ0n) is 16.5. The van der Waals surface area contributed by atoms with Crippen LogP contribution in [0.1, 0.15) is 28.8 Å². The van der Waals surface area contributed by atoms with Gasteiger partial charge < -0.3 is 14.4 Å². The Balaban J connectivity index is 1.86. The zero-order valence-corrected chi connectivity index (χ0v) is 17.3. The van der Waals surface area contributed by atoms with E-state index in [4.69, 9.17) is 9.47 Å². The van der Waals surface area contributed by atoms with Crippen LogP contribution in [0, 0.1) is 0 Å². The number of benzene rings is 2. The van der Waals surface area contributed by atoms with Crippen LogP contribution in [-0.4, -0.2) is 51.3 Å². The van der Waals surface area contributed by atoms with E-state index >= 15 is 0 Å². The summed E-state index contributed by atoms with van der Waals surface area (Å²) in [6, 6.07) is 11.9. The molecule has 0 spiro atoms. The van der Waals surface area contributed by atoms with Gasteiger partial charge in [0, 0.05) is 30.8 Å². The van der Waals surface area contributed by atoms with E-state index in [9.17, 15) is 22.0 Å². The van der Waals surface area contributed by atoms with Gasteiger partial charge in [-0.15, -0.1) is 0 Å². The molecule has 1 amide bonds.